The van der Waals surface area contributed by atoms with Crippen LogP contribution in [0.15, 0.2) is 17.6 Å². The molecule has 0 fully saturated rings. The molecule has 4 heteroatoms. The van der Waals surface area contributed by atoms with Crippen molar-refractivity contribution in [1.29, 1.82) is 0 Å². The second-order valence-electron chi connectivity index (χ2n) is 1.50. The van der Waals surface area contributed by atoms with Crippen molar-refractivity contribution in [3.05, 3.63) is 12.4 Å². The van der Waals surface area contributed by atoms with Crippen molar-refractivity contribution in [3.63, 3.8) is 0 Å². The van der Waals surface area contributed by atoms with Gasteiger partial charge in [0, 0.05) is 0 Å². The Morgan fingerprint density at radius 2 is 2.00 bits per heavy atom. The maximum absolute atomic E-state index is 5.35. The molecule has 0 saturated heterocycles. The number of rotatable bonds is 1. The molecule has 0 aliphatic carbocycles. The van der Waals surface area contributed by atoms with E-state index in [4.69, 9.17) is 5.73 Å². The molecule has 0 saturated carbocycles. The van der Waals surface area contributed by atoms with E-state index in [2.05, 4.69) is 9.97 Å². The van der Waals surface area contributed by atoms with Crippen molar-refractivity contribution < 1.29 is 0 Å². The highest BCUT2D eigenvalue weighted by Crippen LogP contribution is 2.06. The van der Waals surface area contributed by atoms with E-state index >= 15 is 0 Å². The minimum atomic E-state index is 0.604. The molecule has 48 valence electrons. The molecular weight excluding hydrogens is 134 g/mol. The lowest BCUT2D eigenvalue weighted by atomic mass is 10.6. The molecule has 1 rings (SSSR count). The second-order valence-corrected chi connectivity index (χ2v) is 2.28. The number of thioether (sulfide) groups is 1. The highest BCUT2D eigenvalue weighted by Gasteiger charge is 1.89. The van der Waals surface area contributed by atoms with Gasteiger partial charge in [0.2, 0.25) is 0 Å². The number of nitrogens with two attached hydrogens (primary N) is 1. The first kappa shape index (κ1) is 6.35. The van der Waals surface area contributed by atoms with Gasteiger partial charge in [0.15, 0.2) is 5.16 Å². The van der Waals surface area contributed by atoms with Crippen LogP contribution in [-0.4, -0.2) is 16.2 Å². The van der Waals surface area contributed by atoms with Crippen LogP contribution < -0.4 is 5.73 Å². The third-order valence-electron chi connectivity index (χ3n) is 0.831. The van der Waals surface area contributed by atoms with Gasteiger partial charge in [0.05, 0.1) is 18.1 Å². The SMILES string of the molecule is CSc1ncc(N)cn1. The first-order chi connectivity index (χ1) is 4.33. The quantitative estimate of drug-likeness (QED) is 0.464. The molecule has 0 radical (unpaired) electrons. The summed E-state index contributed by atoms with van der Waals surface area (Å²) >= 11 is 1.50. The smallest absolute Gasteiger partial charge is 0.187 e. The Balaban J connectivity index is 2.88. The maximum Gasteiger partial charge on any atom is 0.187 e. The fourth-order valence-corrected chi connectivity index (χ4v) is 0.748. The lowest BCUT2D eigenvalue weighted by Crippen LogP contribution is -1.89. The normalized spacial score (nSPS) is 9.44. The van der Waals surface area contributed by atoms with Gasteiger partial charge < -0.3 is 5.73 Å². The van der Waals surface area contributed by atoms with Crippen LogP contribution in [0.3, 0.4) is 0 Å². The van der Waals surface area contributed by atoms with Crippen LogP contribution in [0.4, 0.5) is 5.69 Å². The van der Waals surface area contributed by atoms with Crippen molar-refractivity contribution >= 4 is 17.4 Å². The average Bonchev–Trinajstić information content (AvgIpc) is 1.90. The molecule has 0 aliphatic heterocycles. The summed E-state index contributed by atoms with van der Waals surface area (Å²) in [6, 6.07) is 0. The molecule has 1 heterocycles. The van der Waals surface area contributed by atoms with Gasteiger partial charge in [-0.05, 0) is 6.26 Å². The van der Waals surface area contributed by atoms with Crippen LogP contribution in [0.5, 0.6) is 0 Å². The van der Waals surface area contributed by atoms with E-state index < -0.39 is 0 Å². The molecule has 3 nitrogen and oxygen atoms in total. The van der Waals surface area contributed by atoms with E-state index in [-0.39, 0.29) is 0 Å². The zero-order chi connectivity index (χ0) is 6.69. The maximum atomic E-state index is 5.35. The molecule has 0 aromatic carbocycles. The predicted molar refractivity (Wildman–Crippen MR) is 38.2 cm³/mol. The third-order valence-corrected chi connectivity index (χ3v) is 1.41. The summed E-state index contributed by atoms with van der Waals surface area (Å²) in [7, 11) is 0. The van der Waals surface area contributed by atoms with Crippen LogP contribution in [-0.2, 0) is 0 Å². The minimum absolute atomic E-state index is 0.604. The van der Waals surface area contributed by atoms with E-state index in [1.165, 1.54) is 11.8 Å². The Labute approximate surface area is 57.7 Å². The fraction of sp³-hybridized carbons (Fsp3) is 0.200. The Hall–Kier alpha value is -0.770. The van der Waals surface area contributed by atoms with Crippen LogP contribution in [0, 0.1) is 0 Å². The third kappa shape index (κ3) is 1.57. The van der Waals surface area contributed by atoms with Crippen LogP contribution in [0.2, 0.25) is 0 Å². The summed E-state index contributed by atoms with van der Waals surface area (Å²) in [4.78, 5) is 7.85. The number of anilines is 1. The summed E-state index contributed by atoms with van der Waals surface area (Å²) in [6.45, 7) is 0. The largest absolute Gasteiger partial charge is 0.396 e. The molecule has 0 unspecified atom stereocenters. The second kappa shape index (κ2) is 2.68. The van der Waals surface area contributed by atoms with Gasteiger partial charge in [-0.2, -0.15) is 0 Å². The van der Waals surface area contributed by atoms with Gasteiger partial charge in [0.25, 0.3) is 0 Å². The molecule has 0 aliphatic rings. The Morgan fingerprint density at radius 3 is 2.44 bits per heavy atom. The van der Waals surface area contributed by atoms with Gasteiger partial charge >= 0.3 is 0 Å². The standard InChI is InChI=1S/C5H7N3S/c1-9-5-7-2-4(6)3-8-5/h2-3H,6H2,1H3. The predicted octanol–water partition coefficient (Wildman–Crippen LogP) is 0.781. The van der Waals surface area contributed by atoms with Crippen LogP contribution in [0.25, 0.3) is 0 Å². The number of hydrogen-bond acceptors (Lipinski definition) is 4. The molecule has 9 heavy (non-hydrogen) atoms. The zero-order valence-electron chi connectivity index (χ0n) is 5.03. The van der Waals surface area contributed by atoms with E-state index in [9.17, 15) is 0 Å². The summed E-state index contributed by atoms with van der Waals surface area (Å²) < 4.78 is 0. The van der Waals surface area contributed by atoms with E-state index in [1.54, 1.807) is 12.4 Å². The van der Waals surface area contributed by atoms with Gasteiger partial charge in [-0.3, -0.25) is 0 Å². The fourth-order valence-electron chi connectivity index (χ4n) is 0.432. The molecule has 0 spiro atoms. The molecular formula is C5H7N3S. The minimum Gasteiger partial charge on any atom is -0.396 e. The number of aromatic nitrogens is 2. The zero-order valence-corrected chi connectivity index (χ0v) is 5.85. The first-order valence-electron chi connectivity index (χ1n) is 2.44. The topological polar surface area (TPSA) is 51.8 Å². The molecule has 1 aromatic rings. The Morgan fingerprint density at radius 1 is 1.44 bits per heavy atom. The summed E-state index contributed by atoms with van der Waals surface area (Å²) in [5.41, 5.74) is 5.95. The van der Waals surface area contributed by atoms with Crippen molar-refractivity contribution in [2.75, 3.05) is 12.0 Å². The monoisotopic (exact) mass is 141 g/mol. The molecule has 0 bridgehead atoms. The van der Waals surface area contributed by atoms with E-state index in [1.807, 2.05) is 6.26 Å². The number of hydrogen-bond donors (Lipinski definition) is 1. The van der Waals surface area contributed by atoms with Crippen LogP contribution >= 0.6 is 11.8 Å². The lowest BCUT2D eigenvalue weighted by molar-refractivity contribution is 0.974. The molecule has 2 N–H and O–H groups in total. The Bertz CT molecular complexity index is 184. The summed E-state index contributed by atoms with van der Waals surface area (Å²) in [5.74, 6) is 0. The van der Waals surface area contributed by atoms with E-state index in [0.717, 1.165) is 5.16 Å². The number of nitrogen functional groups attached to an aromatic ring is 1. The first-order valence-corrected chi connectivity index (χ1v) is 3.67. The highest BCUT2D eigenvalue weighted by atomic mass is 32.2. The van der Waals surface area contributed by atoms with Gasteiger partial charge in [-0.1, -0.05) is 11.8 Å². The van der Waals surface area contributed by atoms with Crippen molar-refractivity contribution in [1.82, 2.24) is 9.97 Å². The van der Waals surface area contributed by atoms with Crippen molar-refractivity contribution in [2.24, 2.45) is 0 Å². The van der Waals surface area contributed by atoms with Crippen molar-refractivity contribution in [2.45, 2.75) is 5.16 Å². The van der Waals surface area contributed by atoms with Gasteiger partial charge in [-0.15, -0.1) is 0 Å². The van der Waals surface area contributed by atoms with Crippen LogP contribution in [0.1, 0.15) is 0 Å². The van der Waals surface area contributed by atoms with Gasteiger partial charge in [0.1, 0.15) is 0 Å². The molecule has 0 atom stereocenters. The lowest BCUT2D eigenvalue weighted by Gasteiger charge is -1.92. The van der Waals surface area contributed by atoms with E-state index in [0.29, 0.717) is 5.69 Å². The summed E-state index contributed by atoms with van der Waals surface area (Å²) in [6.07, 6.45) is 5.11. The summed E-state index contributed by atoms with van der Waals surface area (Å²) in [5, 5.41) is 0.754. The molecule has 0 amide bonds. The average molecular weight is 141 g/mol. The number of nitrogens with zero attached hydrogens (tertiary/aromatic N) is 2. The highest BCUT2D eigenvalue weighted by molar-refractivity contribution is 7.98. The van der Waals surface area contributed by atoms with Crippen molar-refractivity contribution in [3.8, 4) is 0 Å². The Kier molecular flexibility index (Phi) is 1.89. The molecule has 1 aromatic heterocycles. The van der Waals surface area contributed by atoms with Gasteiger partial charge in [-0.25, -0.2) is 9.97 Å².